The monoisotopic (exact) mass is 677 g/mol. The number of nitrogens with zero attached hydrogens (tertiary/aromatic N) is 6. The standard InChI is InChI=1S/C33H40ClF4N7O2/c1-18-13-24(39)40-29(26(18)33(36,37)38)25-22(34)14-21-28(27(25)35)41-31(47-17-32-8-3-5-23(32)43(2)10-4-9-32)42-30(21)44-15-19-6-7-20(16-44)45(19)11-12-46/h13-14,19-20,23,46H,3-12,15-17H2,1-2H3,(H2,39,40)/t19?,20?,23?,32-/m1/s1. The van der Waals surface area contributed by atoms with Crippen LogP contribution in [-0.2, 0) is 6.18 Å². The zero-order valence-electron chi connectivity index (χ0n) is 26.6. The van der Waals surface area contributed by atoms with E-state index in [1.807, 2.05) is 0 Å². The summed E-state index contributed by atoms with van der Waals surface area (Å²) in [5.41, 5.74) is 3.10. The number of hydrogen-bond donors (Lipinski definition) is 2. The Morgan fingerprint density at radius 3 is 2.51 bits per heavy atom. The molecule has 7 rings (SSSR count). The van der Waals surface area contributed by atoms with Gasteiger partial charge in [0, 0.05) is 48.6 Å². The van der Waals surface area contributed by atoms with Crippen molar-refractivity contribution in [2.24, 2.45) is 5.41 Å². The number of anilines is 2. The van der Waals surface area contributed by atoms with Crippen LogP contribution >= 0.6 is 11.6 Å². The van der Waals surface area contributed by atoms with Crippen molar-refractivity contribution < 1.29 is 27.4 Å². The van der Waals surface area contributed by atoms with Crippen LogP contribution in [-0.4, -0.2) is 94.4 Å². The van der Waals surface area contributed by atoms with Crippen molar-refractivity contribution in [1.82, 2.24) is 24.8 Å². The van der Waals surface area contributed by atoms with Crippen molar-refractivity contribution in [3.63, 3.8) is 0 Å². The van der Waals surface area contributed by atoms with Gasteiger partial charge in [0.05, 0.1) is 35.1 Å². The summed E-state index contributed by atoms with van der Waals surface area (Å²) in [4.78, 5) is 20.1. The van der Waals surface area contributed by atoms with E-state index in [9.17, 15) is 18.3 Å². The number of aliphatic hydroxyl groups is 1. The first kappa shape index (κ1) is 32.5. The average molecular weight is 678 g/mol. The minimum atomic E-state index is -4.84. The minimum Gasteiger partial charge on any atom is -0.463 e. The molecule has 9 nitrogen and oxygen atoms in total. The molecule has 4 atom stereocenters. The van der Waals surface area contributed by atoms with Crippen LogP contribution in [0.4, 0.5) is 29.2 Å². The zero-order valence-corrected chi connectivity index (χ0v) is 27.3. The molecule has 5 heterocycles. The van der Waals surface area contributed by atoms with E-state index in [1.165, 1.54) is 13.0 Å². The number of hydrogen-bond acceptors (Lipinski definition) is 9. The first-order valence-electron chi connectivity index (χ1n) is 16.4. The lowest BCUT2D eigenvalue weighted by molar-refractivity contribution is -0.137. The number of ether oxygens (including phenoxy) is 1. The van der Waals surface area contributed by atoms with E-state index < -0.39 is 28.8 Å². The maximum Gasteiger partial charge on any atom is 0.418 e. The molecule has 0 spiro atoms. The van der Waals surface area contributed by atoms with E-state index >= 15 is 4.39 Å². The van der Waals surface area contributed by atoms with Gasteiger partial charge in [-0.15, -0.1) is 0 Å². The number of benzene rings is 1. The van der Waals surface area contributed by atoms with Crippen molar-refractivity contribution in [3.05, 3.63) is 34.1 Å². The van der Waals surface area contributed by atoms with Crippen LogP contribution in [0.25, 0.3) is 22.2 Å². The van der Waals surface area contributed by atoms with Gasteiger partial charge in [0.15, 0.2) is 5.82 Å². The van der Waals surface area contributed by atoms with Crippen LogP contribution in [0, 0.1) is 18.2 Å². The van der Waals surface area contributed by atoms with Crippen LogP contribution in [0.3, 0.4) is 0 Å². The number of nitrogen functional groups attached to an aromatic ring is 1. The molecule has 2 aromatic heterocycles. The Morgan fingerprint density at radius 2 is 1.81 bits per heavy atom. The van der Waals surface area contributed by atoms with E-state index in [2.05, 4.69) is 31.7 Å². The van der Waals surface area contributed by atoms with Gasteiger partial charge in [-0.1, -0.05) is 18.0 Å². The largest absolute Gasteiger partial charge is 0.463 e. The number of aromatic nitrogens is 3. The van der Waals surface area contributed by atoms with Crippen LogP contribution in [0.2, 0.25) is 5.02 Å². The third-order valence-electron chi connectivity index (χ3n) is 11.0. The molecule has 47 heavy (non-hydrogen) atoms. The smallest absolute Gasteiger partial charge is 0.418 e. The molecule has 1 saturated carbocycles. The SMILES string of the molecule is Cc1cc(N)nc(-c2c(Cl)cc3c(N4CC5CCC(C4)N5CCO)nc(OC[C@]45CCCC4N(C)CCC5)nc3c2F)c1C(F)(F)F. The number of aryl methyl sites for hydroxylation is 1. The van der Waals surface area contributed by atoms with Crippen LogP contribution in [0.1, 0.15) is 56.1 Å². The summed E-state index contributed by atoms with van der Waals surface area (Å²) >= 11 is 6.66. The van der Waals surface area contributed by atoms with E-state index in [0.29, 0.717) is 38.1 Å². The summed E-state index contributed by atoms with van der Waals surface area (Å²) in [7, 11) is 2.14. The molecule has 4 aliphatic rings. The molecule has 3 aromatic rings. The predicted molar refractivity (Wildman–Crippen MR) is 172 cm³/mol. The summed E-state index contributed by atoms with van der Waals surface area (Å²) in [6, 6.07) is 3.21. The van der Waals surface area contributed by atoms with Crippen LogP contribution < -0.4 is 15.4 Å². The van der Waals surface area contributed by atoms with Crippen molar-refractivity contribution in [1.29, 1.82) is 0 Å². The molecule has 3 saturated heterocycles. The van der Waals surface area contributed by atoms with Gasteiger partial charge >= 0.3 is 12.2 Å². The fourth-order valence-electron chi connectivity index (χ4n) is 8.95. The molecule has 0 radical (unpaired) electrons. The molecular weight excluding hydrogens is 638 g/mol. The molecule has 3 unspecified atom stereocenters. The Balaban J connectivity index is 1.36. The Bertz CT molecular complexity index is 1680. The first-order chi connectivity index (χ1) is 22.4. The number of piperidine rings is 1. The third-order valence-corrected chi connectivity index (χ3v) is 11.3. The molecular formula is C33H40ClF4N7O2. The summed E-state index contributed by atoms with van der Waals surface area (Å²) < 4.78 is 66.2. The average Bonchev–Trinajstić information content (AvgIpc) is 3.53. The fraction of sp³-hybridized carbons (Fsp3) is 0.606. The molecule has 254 valence electrons. The van der Waals surface area contributed by atoms with Gasteiger partial charge in [-0.25, -0.2) is 9.37 Å². The zero-order chi connectivity index (χ0) is 33.2. The highest BCUT2D eigenvalue weighted by molar-refractivity contribution is 6.34. The highest BCUT2D eigenvalue weighted by Crippen LogP contribution is 2.48. The maximum atomic E-state index is 16.8. The number of alkyl halides is 3. The van der Waals surface area contributed by atoms with E-state index in [-0.39, 0.29) is 57.4 Å². The molecule has 14 heteroatoms. The first-order valence-corrected chi connectivity index (χ1v) is 16.8. The number of piperazine rings is 1. The summed E-state index contributed by atoms with van der Waals surface area (Å²) in [5, 5.41) is 9.67. The Kier molecular flexibility index (Phi) is 8.42. The van der Waals surface area contributed by atoms with Crippen molar-refractivity contribution in [2.45, 2.75) is 76.2 Å². The highest BCUT2D eigenvalue weighted by atomic mass is 35.5. The van der Waals surface area contributed by atoms with Crippen LogP contribution in [0.5, 0.6) is 6.01 Å². The summed E-state index contributed by atoms with van der Waals surface area (Å²) in [6.07, 6.45) is 2.29. The van der Waals surface area contributed by atoms with E-state index in [0.717, 1.165) is 57.6 Å². The van der Waals surface area contributed by atoms with Crippen LogP contribution in [0.15, 0.2) is 12.1 Å². The Morgan fingerprint density at radius 1 is 1.09 bits per heavy atom. The molecule has 3 aliphatic heterocycles. The van der Waals surface area contributed by atoms with Gasteiger partial charge in [-0.05, 0) is 76.7 Å². The lowest BCUT2D eigenvalue weighted by atomic mass is 9.76. The number of rotatable bonds is 7. The Labute approximate surface area is 276 Å². The number of nitrogens with two attached hydrogens (primary N) is 1. The summed E-state index contributed by atoms with van der Waals surface area (Å²) in [5.74, 6) is -0.806. The second-order valence-corrected chi connectivity index (χ2v) is 14.2. The van der Waals surface area contributed by atoms with Gasteiger partial charge < -0.3 is 25.4 Å². The van der Waals surface area contributed by atoms with E-state index in [1.54, 1.807) is 0 Å². The molecule has 0 amide bonds. The predicted octanol–water partition coefficient (Wildman–Crippen LogP) is 5.68. The second-order valence-electron chi connectivity index (χ2n) is 13.8. The summed E-state index contributed by atoms with van der Waals surface area (Å²) in [6.45, 7) is 4.42. The van der Waals surface area contributed by atoms with Gasteiger partial charge in [0.1, 0.15) is 17.2 Å². The van der Waals surface area contributed by atoms with E-state index in [4.69, 9.17) is 27.1 Å². The van der Waals surface area contributed by atoms with Gasteiger partial charge in [-0.3, -0.25) is 4.90 Å². The fourth-order valence-corrected chi connectivity index (χ4v) is 9.23. The van der Waals surface area contributed by atoms with Gasteiger partial charge in [0.2, 0.25) is 0 Å². The van der Waals surface area contributed by atoms with Crippen molar-refractivity contribution in [2.75, 3.05) is 57.1 Å². The number of fused-ring (bicyclic) bond motifs is 4. The molecule has 3 N–H and O–H groups in total. The van der Waals surface area contributed by atoms with Gasteiger partial charge in [-0.2, -0.15) is 23.1 Å². The third kappa shape index (κ3) is 5.66. The minimum absolute atomic E-state index is 0.0224. The second kappa shape index (κ2) is 12.2. The quantitative estimate of drug-likeness (QED) is 0.306. The number of aliphatic hydroxyl groups excluding tert-OH is 1. The molecule has 1 aliphatic carbocycles. The Hall–Kier alpha value is -3.00. The number of halogens is 5. The lowest BCUT2D eigenvalue weighted by Gasteiger charge is -2.44. The van der Waals surface area contributed by atoms with Crippen molar-refractivity contribution in [3.8, 4) is 17.3 Å². The highest BCUT2D eigenvalue weighted by Gasteiger charge is 2.48. The van der Waals surface area contributed by atoms with Gasteiger partial charge in [0.25, 0.3) is 0 Å². The topological polar surface area (TPSA) is 104 Å². The van der Waals surface area contributed by atoms with Crippen molar-refractivity contribution >= 4 is 34.1 Å². The maximum absolute atomic E-state index is 16.8. The lowest BCUT2D eigenvalue weighted by Crippen LogP contribution is -2.54. The molecule has 4 fully saturated rings. The molecule has 2 bridgehead atoms. The number of likely N-dealkylation sites (tertiary alicyclic amines) is 1. The normalized spacial score (nSPS) is 26.7. The molecule has 1 aromatic carbocycles. The number of pyridine rings is 1.